The van der Waals surface area contributed by atoms with Crippen LogP contribution in [0.15, 0.2) is 36.8 Å². The van der Waals surface area contributed by atoms with E-state index in [9.17, 15) is 4.79 Å². The van der Waals surface area contributed by atoms with E-state index in [0.29, 0.717) is 49.2 Å². The summed E-state index contributed by atoms with van der Waals surface area (Å²) in [5.41, 5.74) is 0.539. The molecule has 7 nitrogen and oxygen atoms in total. The van der Waals surface area contributed by atoms with Crippen LogP contribution in [0.1, 0.15) is 23.2 Å². The lowest BCUT2D eigenvalue weighted by Gasteiger charge is -2.33. The van der Waals surface area contributed by atoms with E-state index in [1.165, 1.54) is 0 Å². The maximum Gasteiger partial charge on any atom is 0.257 e. The molecule has 1 atom stereocenters. The van der Waals surface area contributed by atoms with E-state index in [0.717, 1.165) is 12.8 Å². The summed E-state index contributed by atoms with van der Waals surface area (Å²) >= 11 is 0. The van der Waals surface area contributed by atoms with Gasteiger partial charge in [-0.1, -0.05) is 6.07 Å². The van der Waals surface area contributed by atoms with Crippen molar-refractivity contribution in [2.45, 2.75) is 18.9 Å². The maximum absolute atomic E-state index is 13.0. The van der Waals surface area contributed by atoms with Gasteiger partial charge in [-0.15, -0.1) is 0 Å². The molecule has 2 aliphatic heterocycles. The van der Waals surface area contributed by atoms with Gasteiger partial charge in [0.1, 0.15) is 19.3 Å². The number of aromatic nitrogens is 2. The second kappa shape index (κ2) is 6.96. The zero-order valence-electron chi connectivity index (χ0n) is 13.8. The Labute approximate surface area is 145 Å². The van der Waals surface area contributed by atoms with Gasteiger partial charge in [-0.05, 0) is 25.0 Å². The van der Waals surface area contributed by atoms with Crippen LogP contribution in [0.4, 0.5) is 0 Å². The summed E-state index contributed by atoms with van der Waals surface area (Å²) in [6.45, 7) is 2.17. The number of nitrogens with zero attached hydrogens (tertiary/aromatic N) is 3. The first-order chi connectivity index (χ1) is 12.3. The first-order valence-electron chi connectivity index (χ1n) is 8.42. The highest BCUT2D eigenvalue weighted by Crippen LogP contribution is 2.34. The average molecular weight is 341 g/mol. The predicted octanol–water partition coefficient (Wildman–Crippen LogP) is 1.93. The normalized spacial score (nSPS) is 19.4. The molecule has 0 radical (unpaired) electrons. The lowest BCUT2D eigenvalue weighted by Crippen LogP contribution is -2.44. The van der Waals surface area contributed by atoms with Crippen molar-refractivity contribution in [1.82, 2.24) is 14.9 Å². The fourth-order valence-corrected chi connectivity index (χ4v) is 3.15. The van der Waals surface area contributed by atoms with Crippen molar-refractivity contribution in [3.05, 3.63) is 42.4 Å². The van der Waals surface area contributed by atoms with Crippen LogP contribution in [0.25, 0.3) is 0 Å². The number of carbonyl (C=O) groups is 1. The average Bonchev–Trinajstić information content (AvgIpc) is 2.68. The maximum atomic E-state index is 13.0. The molecule has 1 aromatic heterocycles. The molecule has 0 saturated carbocycles. The monoisotopic (exact) mass is 341 g/mol. The predicted molar refractivity (Wildman–Crippen MR) is 89.0 cm³/mol. The lowest BCUT2D eigenvalue weighted by atomic mass is 10.1. The molecular weight excluding hydrogens is 322 g/mol. The number of ether oxygens (including phenoxy) is 3. The smallest absolute Gasteiger partial charge is 0.257 e. The van der Waals surface area contributed by atoms with Crippen LogP contribution in [-0.2, 0) is 0 Å². The number of rotatable bonds is 3. The van der Waals surface area contributed by atoms with Gasteiger partial charge in [0.15, 0.2) is 11.5 Å². The molecule has 0 N–H and O–H groups in total. The molecule has 2 aromatic rings. The molecule has 7 heteroatoms. The zero-order chi connectivity index (χ0) is 17.1. The van der Waals surface area contributed by atoms with E-state index < -0.39 is 0 Å². The summed E-state index contributed by atoms with van der Waals surface area (Å²) in [4.78, 5) is 22.9. The summed E-state index contributed by atoms with van der Waals surface area (Å²) in [5.74, 6) is 1.59. The van der Waals surface area contributed by atoms with Crippen LogP contribution >= 0.6 is 0 Å². The molecule has 130 valence electrons. The van der Waals surface area contributed by atoms with Crippen molar-refractivity contribution < 1.29 is 19.0 Å². The fraction of sp³-hybridized carbons (Fsp3) is 0.389. The minimum atomic E-state index is -0.0916. The zero-order valence-corrected chi connectivity index (χ0v) is 13.8. The minimum absolute atomic E-state index is 0.0604. The van der Waals surface area contributed by atoms with Crippen LogP contribution in [0.2, 0.25) is 0 Å². The Kier molecular flexibility index (Phi) is 4.37. The molecular formula is C18H19N3O4. The molecule has 2 aliphatic rings. The van der Waals surface area contributed by atoms with Gasteiger partial charge in [-0.25, -0.2) is 4.98 Å². The molecule has 1 aromatic carbocycles. The summed E-state index contributed by atoms with van der Waals surface area (Å²) in [7, 11) is 0. The number of para-hydroxylation sites is 1. The quantitative estimate of drug-likeness (QED) is 0.849. The highest BCUT2D eigenvalue weighted by Gasteiger charge is 2.29. The summed E-state index contributed by atoms with van der Waals surface area (Å²) in [6.07, 6.45) is 6.44. The van der Waals surface area contributed by atoms with Crippen molar-refractivity contribution >= 4 is 5.91 Å². The molecule has 0 spiro atoms. The summed E-state index contributed by atoms with van der Waals surface area (Å²) in [6, 6.07) is 5.42. The number of likely N-dealkylation sites (tertiary alicyclic amines) is 1. The van der Waals surface area contributed by atoms with Crippen molar-refractivity contribution in [1.29, 1.82) is 0 Å². The van der Waals surface area contributed by atoms with Crippen LogP contribution in [-0.4, -0.2) is 53.2 Å². The van der Waals surface area contributed by atoms with Crippen molar-refractivity contribution in [3.63, 3.8) is 0 Å². The van der Waals surface area contributed by atoms with Gasteiger partial charge in [-0.3, -0.25) is 9.78 Å². The Morgan fingerprint density at radius 1 is 1.24 bits per heavy atom. The number of piperidine rings is 1. The molecule has 0 bridgehead atoms. The number of fused-ring (bicyclic) bond motifs is 1. The van der Waals surface area contributed by atoms with E-state index in [2.05, 4.69) is 9.97 Å². The summed E-state index contributed by atoms with van der Waals surface area (Å²) < 4.78 is 17.1. The van der Waals surface area contributed by atoms with E-state index in [1.54, 1.807) is 29.6 Å². The van der Waals surface area contributed by atoms with Crippen LogP contribution in [0.5, 0.6) is 17.4 Å². The highest BCUT2D eigenvalue weighted by molar-refractivity contribution is 5.98. The van der Waals surface area contributed by atoms with Gasteiger partial charge in [0.05, 0.1) is 18.3 Å². The molecule has 4 rings (SSSR count). The van der Waals surface area contributed by atoms with Gasteiger partial charge in [0.25, 0.3) is 5.91 Å². The number of hydrogen-bond donors (Lipinski definition) is 0. The second-order valence-electron chi connectivity index (χ2n) is 6.01. The third kappa shape index (κ3) is 3.35. The first-order valence-corrected chi connectivity index (χ1v) is 8.42. The van der Waals surface area contributed by atoms with Crippen molar-refractivity contribution in [2.24, 2.45) is 0 Å². The molecule has 25 heavy (non-hydrogen) atoms. The number of amides is 1. The molecule has 1 fully saturated rings. The highest BCUT2D eigenvalue weighted by atomic mass is 16.6. The van der Waals surface area contributed by atoms with Crippen molar-refractivity contribution in [3.8, 4) is 17.4 Å². The molecule has 1 unspecified atom stereocenters. The number of benzene rings is 1. The SMILES string of the molecule is O=C(c1cccc2c1OCCO2)N1CCCC(Oc2cnccn2)C1. The number of hydrogen-bond acceptors (Lipinski definition) is 6. The van der Waals surface area contributed by atoms with Crippen LogP contribution < -0.4 is 14.2 Å². The largest absolute Gasteiger partial charge is 0.486 e. The third-order valence-electron chi connectivity index (χ3n) is 4.29. The Morgan fingerprint density at radius 2 is 2.16 bits per heavy atom. The Hall–Kier alpha value is -2.83. The van der Waals surface area contributed by atoms with Crippen LogP contribution in [0, 0.1) is 0 Å². The lowest BCUT2D eigenvalue weighted by molar-refractivity contribution is 0.0519. The van der Waals surface area contributed by atoms with E-state index in [-0.39, 0.29) is 12.0 Å². The molecule has 0 aliphatic carbocycles. The molecule has 1 saturated heterocycles. The standard InChI is InChI=1S/C18H19N3O4/c22-18(14-4-1-5-15-17(14)24-10-9-23-15)21-8-2-3-13(12-21)25-16-11-19-6-7-20-16/h1,4-7,11,13H,2-3,8-10,12H2. The van der Waals surface area contributed by atoms with Crippen LogP contribution in [0.3, 0.4) is 0 Å². The minimum Gasteiger partial charge on any atom is -0.486 e. The van der Waals surface area contributed by atoms with Gasteiger partial charge in [0.2, 0.25) is 5.88 Å². The second-order valence-corrected chi connectivity index (χ2v) is 6.01. The van der Waals surface area contributed by atoms with E-state index in [1.807, 2.05) is 12.1 Å². The van der Waals surface area contributed by atoms with E-state index >= 15 is 0 Å². The van der Waals surface area contributed by atoms with Gasteiger partial charge in [0, 0.05) is 18.9 Å². The van der Waals surface area contributed by atoms with Gasteiger partial charge in [-0.2, -0.15) is 0 Å². The molecule has 3 heterocycles. The Bertz CT molecular complexity index is 753. The third-order valence-corrected chi connectivity index (χ3v) is 4.29. The van der Waals surface area contributed by atoms with E-state index in [4.69, 9.17) is 14.2 Å². The summed E-state index contributed by atoms with van der Waals surface area (Å²) in [5, 5.41) is 0. The fourth-order valence-electron chi connectivity index (χ4n) is 3.15. The topological polar surface area (TPSA) is 73.8 Å². The Morgan fingerprint density at radius 3 is 3.04 bits per heavy atom. The molecule has 1 amide bonds. The first kappa shape index (κ1) is 15.7. The van der Waals surface area contributed by atoms with Gasteiger partial charge < -0.3 is 19.1 Å². The Balaban J connectivity index is 1.49. The van der Waals surface area contributed by atoms with Gasteiger partial charge >= 0.3 is 0 Å². The number of carbonyl (C=O) groups excluding carboxylic acids is 1. The van der Waals surface area contributed by atoms with Crippen molar-refractivity contribution in [2.75, 3.05) is 26.3 Å².